The number of rotatable bonds is 2. The van der Waals surface area contributed by atoms with Crippen LogP contribution >= 0.6 is 22.3 Å². The summed E-state index contributed by atoms with van der Waals surface area (Å²) in [6.07, 6.45) is 0. The standard InChI is InChI=1S/C8H8Cl2O3S/c1-5-3-4-6(14(10,11)12)7(9)8(5)13-2/h3-4H,1-2H3. The van der Waals surface area contributed by atoms with E-state index in [2.05, 4.69) is 0 Å². The molecule has 14 heavy (non-hydrogen) atoms. The van der Waals surface area contributed by atoms with E-state index in [4.69, 9.17) is 27.0 Å². The Bertz CT molecular complexity index is 454. The second kappa shape index (κ2) is 3.96. The zero-order valence-corrected chi connectivity index (χ0v) is 9.87. The number of ether oxygens (including phenoxy) is 1. The molecule has 3 nitrogen and oxygen atoms in total. The van der Waals surface area contributed by atoms with Crippen molar-refractivity contribution in [2.75, 3.05) is 7.11 Å². The Kier molecular flexibility index (Phi) is 3.29. The van der Waals surface area contributed by atoms with Gasteiger partial charge in [0.1, 0.15) is 15.7 Å². The van der Waals surface area contributed by atoms with Crippen LogP contribution in [-0.4, -0.2) is 15.5 Å². The molecule has 78 valence electrons. The summed E-state index contributed by atoms with van der Waals surface area (Å²) in [6, 6.07) is 2.93. The first-order valence-electron chi connectivity index (χ1n) is 3.65. The quantitative estimate of drug-likeness (QED) is 0.763. The van der Waals surface area contributed by atoms with Gasteiger partial charge in [-0.05, 0) is 18.6 Å². The zero-order chi connectivity index (χ0) is 10.9. The lowest BCUT2D eigenvalue weighted by Crippen LogP contribution is -1.96. The summed E-state index contributed by atoms with van der Waals surface area (Å²) in [7, 11) is 2.77. The second-order valence-corrected chi connectivity index (χ2v) is 5.58. The highest BCUT2D eigenvalue weighted by molar-refractivity contribution is 8.13. The van der Waals surface area contributed by atoms with E-state index in [1.807, 2.05) is 0 Å². The van der Waals surface area contributed by atoms with Crippen molar-refractivity contribution in [2.24, 2.45) is 0 Å². The fourth-order valence-corrected chi connectivity index (χ4v) is 2.71. The highest BCUT2D eigenvalue weighted by atomic mass is 35.7. The van der Waals surface area contributed by atoms with Gasteiger partial charge in [-0.25, -0.2) is 8.42 Å². The van der Waals surface area contributed by atoms with Gasteiger partial charge in [-0.3, -0.25) is 0 Å². The molecule has 0 saturated heterocycles. The molecule has 0 bridgehead atoms. The lowest BCUT2D eigenvalue weighted by molar-refractivity contribution is 0.410. The first-order valence-corrected chi connectivity index (χ1v) is 6.34. The number of hydrogen-bond acceptors (Lipinski definition) is 3. The molecule has 0 atom stereocenters. The van der Waals surface area contributed by atoms with Crippen LogP contribution in [0.25, 0.3) is 0 Å². The topological polar surface area (TPSA) is 43.4 Å². The van der Waals surface area contributed by atoms with Crippen LogP contribution in [0.2, 0.25) is 5.02 Å². The summed E-state index contributed by atoms with van der Waals surface area (Å²) in [6.45, 7) is 1.76. The van der Waals surface area contributed by atoms with Gasteiger partial charge < -0.3 is 4.74 Å². The first kappa shape index (κ1) is 11.6. The third-order valence-corrected chi connectivity index (χ3v) is 3.58. The van der Waals surface area contributed by atoms with Gasteiger partial charge in [-0.15, -0.1) is 0 Å². The summed E-state index contributed by atoms with van der Waals surface area (Å²) in [5.41, 5.74) is 0.751. The molecular weight excluding hydrogens is 247 g/mol. The molecular formula is C8H8Cl2O3S. The molecule has 1 rings (SSSR count). The molecule has 1 aromatic carbocycles. The van der Waals surface area contributed by atoms with Crippen LogP contribution < -0.4 is 4.74 Å². The lowest BCUT2D eigenvalue weighted by atomic mass is 10.2. The monoisotopic (exact) mass is 254 g/mol. The minimum Gasteiger partial charge on any atom is -0.495 e. The van der Waals surface area contributed by atoms with Gasteiger partial charge in [-0.2, -0.15) is 0 Å². The molecule has 0 spiro atoms. The maximum absolute atomic E-state index is 11.1. The highest BCUT2D eigenvalue weighted by Crippen LogP contribution is 2.35. The smallest absolute Gasteiger partial charge is 0.262 e. The van der Waals surface area contributed by atoms with E-state index < -0.39 is 9.05 Å². The van der Waals surface area contributed by atoms with E-state index in [0.29, 0.717) is 5.75 Å². The molecule has 0 heterocycles. The fraction of sp³-hybridized carbons (Fsp3) is 0.250. The van der Waals surface area contributed by atoms with Crippen LogP contribution in [0.1, 0.15) is 5.56 Å². The van der Waals surface area contributed by atoms with Crippen molar-refractivity contribution in [3.8, 4) is 5.75 Å². The molecule has 0 saturated carbocycles. The van der Waals surface area contributed by atoms with E-state index in [9.17, 15) is 8.42 Å². The van der Waals surface area contributed by atoms with Crippen molar-refractivity contribution in [3.05, 3.63) is 22.7 Å². The molecule has 0 N–H and O–H groups in total. The molecule has 0 amide bonds. The SMILES string of the molecule is COc1c(C)ccc(S(=O)(=O)Cl)c1Cl. The van der Waals surface area contributed by atoms with E-state index in [1.54, 1.807) is 13.0 Å². The van der Waals surface area contributed by atoms with Gasteiger partial charge in [0.05, 0.1) is 7.11 Å². The lowest BCUT2D eigenvalue weighted by Gasteiger charge is -2.08. The zero-order valence-electron chi connectivity index (χ0n) is 7.54. The van der Waals surface area contributed by atoms with Crippen LogP contribution in [-0.2, 0) is 9.05 Å². The number of benzene rings is 1. The Hall–Kier alpha value is -0.450. The van der Waals surface area contributed by atoms with E-state index in [-0.39, 0.29) is 9.92 Å². The average Bonchev–Trinajstić information content (AvgIpc) is 2.02. The molecule has 1 aromatic rings. The minimum atomic E-state index is -3.82. The minimum absolute atomic E-state index is 0.0162. The van der Waals surface area contributed by atoms with Crippen molar-refractivity contribution in [3.63, 3.8) is 0 Å². The third-order valence-electron chi connectivity index (χ3n) is 1.73. The van der Waals surface area contributed by atoms with Gasteiger partial charge in [0.25, 0.3) is 9.05 Å². The first-order chi connectivity index (χ1) is 6.38. The highest BCUT2D eigenvalue weighted by Gasteiger charge is 2.19. The number of aryl methyl sites for hydroxylation is 1. The Morgan fingerprint density at radius 1 is 1.36 bits per heavy atom. The van der Waals surface area contributed by atoms with Crippen molar-refractivity contribution < 1.29 is 13.2 Å². The molecule has 0 fully saturated rings. The maximum atomic E-state index is 11.1. The van der Waals surface area contributed by atoms with Crippen molar-refractivity contribution in [2.45, 2.75) is 11.8 Å². The van der Waals surface area contributed by atoms with E-state index in [0.717, 1.165) is 5.56 Å². The largest absolute Gasteiger partial charge is 0.495 e. The van der Waals surface area contributed by atoms with Crippen LogP contribution in [0.15, 0.2) is 17.0 Å². The molecule has 0 radical (unpaired) electrons. The Morgan fingerprint density at radius 2 is 1.93 bits per heavy atom. The third kappa shape index (κ3) is 2.13. The second-order valence-electron chi connectivity index (χ2n) is 2.67. The van der Waals surface area contributed by atoms with Gasteiger partial charge in [0.15, 0.2) is 0 Å². The molecule has 0 aliphatic rings. The summed E-state index contributed by atoms with van der Waals surface area (Å²) < 4.78 is 27.1. The van der Waals surface area contributed by atoms with Gasteiger partial charge in [-0.1, -0.05) is 17.7 Å². The fourth-order valence-electron chi connectivity index (χ4n) is 1.07. The predicted octanol–water partition coefficient (Wildman–Crippen LogP) is 2.58. The van der Waals surface area contributed by atoms with Gasteiger partial charge in [0, 0.05) is 10.7 Å². The van der Waals surface area contributed by atoms with Crippen LogP contribution in [0.3, 0.4) is 0 Å². The molecule has 0 aromatic heterocycles. The number of methoxy groups -OCH3 is 1. The maximum Gasteiger partial charge on any atom is 0.262 e. The van der Waals surface area contributed by atoms with Crippen molar-refractivity contribution in [1.82, 2.24) is 0 Å². The van der Waals surface area contributed by atoms with Crippen LogP contribution in [0, 0.1) is 6.92 Å². The Labute approximate surface area is 92.0 Å². The number of hydrogen-bond donors (Lipinski definition) is 0. The van der Waals surface area contributed by atoms with E-state index >= 15 is 0 Å². The summed E-state index contributed by atoms with van der Waals surface area (Å²) in [5.74, 6) is 0.327. The van der Waals surface area contributed by atoms with Crippen molar-refractivity contribution in [1.29, 1.82) is 0 Å². The molecule has 6 heteroatoms. The average molecular weight is 255 g/mol. The van der Waals surface area contributed by atoms with Gasteiger partial charge in [0.2, 0.25) is 0 Å². The number of halogens is 2. The summed E-state index contributed by atoms with van der Waals surface area (Å²) in [4.78, 5) is -0.136. The molecule has 0 aliphatic heterocycles. The van der Waals surface area contributed by atoms with Crippen molar-refractivity contribution >= 4 is 31.3 Å². The molecule has 0 aliphatic carbocycles. The predicted molar refractivity (Wildman–Crippen MR) is 55.8 cm³/mol. The van der Waals surface area contributed by atoms with E-state index in [1.165, 1.54) is 13.2 Å². The normalized spacial score (nSPS) is 11.4. The Morgan fingerprint density at radius 3 is 2.36 bits per heavy atom. The summed E-state index contributed by atoms with van der Waals surface area (Å²) >= 11 is 5.81. The summed E-state index contributed by atoms with van der Waals surface area (Å²) in [5, 5.41) is 0.0162. The molecule has 0 unspecified atom stereocenters. The van der Waals surface area contributed by atoms with Crippen LogP contribution in [0.5, 0.6) is 5.75 Å². The van der Waals surface area contributed by atoms with Crippen LogP contribution in [0.4, 0.5) is 0 Å². The Balaban J connectivity index is 3.52. The van der Waals surface area contributed by atoms with Gasteiger partial charge >= 0.3 is 0 Å².